The lowest BCUT2D eigenvalue weighted by Crippen LogP contribution is -1.89. The Morgan fingerprint density at radius 3 is 2.92 bits per heavy atom. The van der Waals surface area contributed by atoms with E-state index < -0.39 is 0 Å². The van der Waals surface area contributed by atoms with Crippen molar-refractivity contribution in [3.8, 4) is 0 Å². The molecule has 0 aromatic carbocycles. The summed E-state index contributed by atoms with van der Waals surface area (Å²) < 4.78 is 0. The van der Waals surface area contributed by atoms with E-state index in [0.717, 1.165) is 0 Å². The summed E-state index contributed by atoms with van der Waals surface area (Å²) in [6.45, 7) is 6.62. The molecule has 74 valence electrons. The van der Waals surface area contributed by atoms with Gasteiger partial charge in [-0.3, -0.25) is 0 Å². The van der Waals surface area contributed by atoms with Gasteiger partial charge in [0.15, 0.2) is 0 Å². The van der Waals surface area contributed by atoms with E-state index >= 15 is 0 Å². The second kappa shape index (κ2) is 5.66. The number of hydrogen-bond acceptors (Lipinski definition) is 3. The molecule has 0 saturated carbocycles. The minimum absolute atomic E-state index is 0.624. The molecule has 1 heterocycles. The molecule has 1 atom stereocenters. The van der Waals surface area contributed by atoms with Crippen LogP contribution in [0.25, 0.3) is 0 Å². The van der Waals surface area contributed by atoms with Gasteiger partial charge in [-0.25, -0.2) is 4.98 Å². The molecule has 1 rings (SSSR count). The molecule has 1 aromatic heterocycles. The van der Waals surface area contributed by atoms with Crippen molar-refractivity contribution in [2.45, 2.75) is 38.9 Å². The van der Waals surface area contributed by atoms with Gasteiger partial charge in [-0.15, -0.1) is 11.3 Å². The van der Waals surface area contributed by atoms with Gasteiger partial charge in [0.2, 0.25) is 0 Å². The summed E-state index contributed by atoms with van der Waals surface area (Å²) in [6.07, 6.45) is 2.62. The summed E-state index contributed by atoms with van der Waals surface area (Å²) >= 11 is 3.83. The Bertz CT molecular complexity index is 245. The van der Waals surface area contributed by atoms with Crippen LogP contribution in [0, 0.1) is 6.92 Å². The van der Waals surface area contributed by atoms with Crippen molar-refractivity contribution in [3.63, 3.8) is 0 Å². The van der Waals surface area contributed by atoms with Gasteiger partial charge in [-0.05, 0) is 26.0 Å². The predicted octanol–water partition coefficient (Wildman–Crippen LogP) is 4.05. The normalized spacial score (nSPS) is 13.2. The highest BCUT2D eigenvalue weighted by Gasteiger charge is 2.10. The number of aryl methyl sites for hydroxylation is 1. The maximum absolute atomic E-state index is 4.27. The number of nitrogens with zero attached hydrogens (tertiary/aromatic N) is 1. The van der Waals surface area contributed by atoms with Gasteiger partial charge in [0.05, 0.1) is 11.2 Å². The topological polar surface area (TPSA) is 12.9 Å². The van der Waals surface area contributed by atoms with E-state index in [1.165, 1.54) is 29.2 Å². The van der Waals surface area contributed by atoms with Crippen LogP contribution < -0.4 is 0 Å². The Balaban J connectivity index is 2.39. The van der Waals surface area contributed by atoms with Gasteiger partial charge < -0.3 is 0 Å². The first kappa shape index (κ1) is 11.1. The number of aromatic nitrogens is 1. The first-order valence-corrected chi connectivity index (χ1v) is 6.70. The SMILES string of the molecule is CCCCSC(C)c1scnc1C. The molecule has 0 aliphatic rings. The van der Waals surface area contributed by atoms with E-state index in [9.17, 15) is 0 Å². The van der Waals surface area contributed by atoms with Crippen LogP contribution in [0.5, 0.6) is 0 Å². The minimum Gasteiger partial charge on any atom is -0.250 e. The fraction of sp³-hybridized carbons (Fsp3) is 0.700. The highest BCUT2D eigenvalue weighted by Crippen LogP contribution is 2.33. The third-order valence-electron chi connectivity index (χ3n) is 2.02. The van der Waals surface area contributed by atoms with E-state index in [2.05, 4.69) is 25.8 Å². The quantitative estimate of drug-likeness (QED) is 0.687. The highest BCUT2D eigenvalue weighted by atomic mass is 32.2. The fourth-order valence-corrected chi connectivity index (χ4v) is 3.42. The van der Waals surface area contributed by atoms with Gasteiger partial charge in [-0.1, -0.05) is 13.3 Å². The van der Waals surface area contributed by atoms with Crippen LogP contribution in [0.3, 0.4) is 0 Å². The first-order chi connectivity index (χ1) is 6.25. The van der Waals surface area contributed by atoms with E-state index in [4.69, 9.17) is 0 Å². The van der Waals surface area contributed by atoms with Crippen molar-refractivity contribution in [2.24, 2.45) is 0 Å². The maximum atomic E-state index is 4.27. The van der Waals surface area contributed by atoms with Crippen LogP contribution in [-0.2, 0) is 0 Å². The average molecular weight is 215 g/mol. The zero-order chi connectivity index (χ0) is 9.68. The number of unbranched alkanes of at least 4 members (excludes halogenated alkanes) is 1. The molecule has 0 fully saturated rings. The van der Waals surface area contributed by atoms with Crippen LogP contribution in [0.15, 0.2) is 5.51 Å². The van der Waals surface area contributed by atoms with Crippen molar-refractivity contribution in [1.29, 1.82) is 0 Å². The third-order valence-corrected chi connectivity index (χ3v) is 4.54. The Morgan fingerprint density at radius 1 is 1.62 bits per heavy atom. The lowest BCUT2D eigenvalue weighted by molar-refractivity contribution is 0.892. The van der Waals surface area contributed by atoms with Crippen molar-refractivity contribution in [1.82, 2.24) is 4.98 Å². The molecule has 0 radical (unpaired) electrons. The van der Waals surface area contributed by atoms with Crippen LogP contribution >= 0.6 is 23.1 Å². The maximum Gasteiger partial charge on any atom is 0.0797 e. The van der Waals surface area contributed by atoms with Crippen molar-refractivity contribution in [2.75, 3.05) is 5.75 Å². The standard InChI is InChI=1S/C10H17NS2/c1-4-5-6-12-9(3)10-8(2)11-7-13-10/h7,9H,4-6H2,1-3H3. The molecular formula is C10H17NS2. The van der Waals surface area contributed by atoms with Crippen LogP contribution in [0.2, 0.25) is 0 Å². The summed E-state index contributed by atoms with van der Waals surface area (Å²) in [6, 6.07) is 0. The fourth-order valence-electron chi connectivity index (χ4n) is 1.18. The van der Waals surface area contributed by atoms with Crippen molar-refractivity contribution < 1.29 is 0 Å². The van der Waals surface area contributed by atoms with Gasteiger partial charge >= 0.3 is 0 Å². The number of hydrogen-bond donors (Lipinski definition) is 0. The first-order valence-electron chi connectivity index (χ1n) is 4.77. The molecule has 0 N–H and O–H groups in total. The monoisotopic (exact) mass is 215 g/mol. The van der Waals surface area contributed by atoms with E-state index in [-0.39, 0.29) is 0 Å². The molecule has 0 amide bonds. The third kappa shape index (κ3) is 3.31. The number of rotatable bonds is 5. The van der Waals surface area contributed by atoms with E-state index in [1.807, 2.05) is 17.3 Å². The molecule has 0 saturated heterocycles. The van der Waals surface area contributed by atoms with Gasteiger partial charge in [0, 0.05) is 10.1 Å². The summed E-state index contributed by atoms with van der Waals surface area (Å²) in [5.41, 5.74) is 3.16. The molecule has 13 heavy (non-hydrogen) atoms. The number of thiazole rings is 1. The molecule has 3 heteroatoms. The van der Waals surface area contributed by atoms with Crippen molar-refractivity contribution in [3.05, 3.63) is 16.1 Å². The Kier molecular flexibility index (Phi) is 4.81. The summed E-state index contributed by atoms with van der Waals surface area (Å²) in [5.74, 6) is 1.27. The lowest BCUT2D eigenvalue weighted by atomic mass is 10.3. The van der Waals surface area contributed by atoms with Gasteiger partial charge in [-0.2, -0.15) is 11.8 Å². The molecule has 0 aliphatic carbocycles. The second-order valence-electron chi connectivity index (χ2n) is 3.17. The highest BCUT2D eigenvalue weighted by molar-refractivity contribution is 7.99. The zero-order valence-electron chi connectivity index (χ0n) is 8.54. The van der Waals surface area contributed by atoms with Crippen LogP contribution in [0.4, 0.5) is 0 Å². The Hall–Kier alpha value is -0.0200. The summed E-state index contributed by atoms with van der Waals surface area (Å²) in [4.78, 5) is 5.72. The van der Waals surface area contributed by atoms with Gasteiger partial charge in [0.1, 0.15) is 0 Å². The smallest absolute Gasteiger partial charge is 0.0797 e. The van der Waals surface area contributed by atoms with Crippen LogP contribution in [0.1, 0.15) is 42.5 Å². The molecule has 0 spiro atoms. The zero-order valence-corrected chi connectivity index (χ0v) is 10.2. The Morgan fingerprint density at radius 2 is 2.38 bits per heavy atom. The predicted molar refractivity (Wildman–Crippen MR) is 62.6 cm³/mol. The molecule has 1 nitrogen and oxygen atoms in total. The average Bonchev–Trinajstić information content (AvgIpc) is 2.52. The molecule has 0 aliphatic heterocycles. The lowest BCUT2D eigenvalue weighted by Gasteiger charge is -2.08. The minimum atomic E-state index is 0.624. The number of thioether (sulfide) groups is 1. The second-order valence-corrected chi connectivity index (χ2v) is 5.50. The van der Waals surface area contributed by atoms with Gasteiger partial charge in [0.25, 0.3) is 0 Å². The summed E-state index contributed by atoms with van der Waals surface area (Å²) in [5, 5.41) is 0.624. The molecule has 1 unspecified atom stereocenters. The largest absolute Gasteiger partial charge is 0.250 e. The van der Waals surface area contributed by atoms with Crippen LogP contribution in [-0.4, -0.2) is 10.7 Å². The van der Waals surface area contributed by atoms with E-state index in [0.29, 0.717) is 5.25 Å². The van der Waals surface area contributed by atoms with Crippen molar-refractivity contribution >= 4 is 23.1 Å². The Labute approximate surface area is 89.0 Å². The van der Waals surface area contributed by atoms with E-state index in [1.54, 1.807) is 11.3 Å². The molecule has 0 bridgehead atoms. The summed E-state index contributed by atoms with van der Waals surface area (Å²) in [7, 11) is 0. The molecule has 1 aromatic rings. The molecular weight excluding hydrogens is 198 g/mol.